The van der Waals surface area contributed by atoms with Crippen LogP contribution in [0, 0.1) is 6.92 Å². The second-order valence-electron chi connectivity index (χ2n) is 6.22. The van der Waals surface area contributed by atoms with Crippen LogP contribution in [0.2, 0.25) is 0 Å². The lowest BCUT2D eigenvalue weighted by molar-refractivity contribution is 0.475. The standard InChI is InChI=1S/C20H18BrN5OS/c1-13-10-23-18(8-7-15-12-28-20(22)25-15)26(13)19-17(9-14(21)11-24-19)27-16-5-3-2-4-6-16/h2-6,9-12H,7-8H2,1H3,(H2,22,25). The largest absolute Gasteiger partial charge is 0.453 e. The highest BCUT2D eigenvalue weighted by Crippen LogP contribution is 2.31. The van der Waals surface area contributed by atoms with E-state index >= 15 is 0 Å². The van der Waals surface area contributed by atoms with Crippen molar-refractivity contribution in [2.24, 2.45) is 0 Å². The van der Waals surface area contributed by atoms with Crippen molar-refractivity contribution in [2.45, 2.75) is 19.8 Å². The van der Waals surface area contributed by atoms with Gasteiger partial charge in [-0.15, -0.1) is 11.3 Å². The van der Waals surface area contributed by atoms with E-state index < -0.39 is 0 Å². The molecule has 142 valence electrons. The molecule has 0 saturated carbocycles. The summed E-state index contributed by atoms with van der Waals surface area (Å²) in [4.78, 5) is 13.5. The van der Waals surface area contributed by atoms with Crippen LogP contribution in [-0.4, -0.2) is 19.5 Å². The Morgan fingerprint density at radius 3 is 2.71 bits per heavy atom. The third kappa shape index (κ3) is 4.07. The second-order valence-corrected chi connectivity index (χ2v) is 8.02. The summed E-state index contributed by atoms with van der Waals surface area (Å²) in [6, 6.07) is 11.6. The maximum Gasteiger partial charge on any atom is 0.181 e. The molecule has 0 aliphatic rings. The Labute approximate surface area is 175 Å². The van der Waals surface area contributed by atoms with Crippen molar-refractivity contribution in [1.82, 2.24) is 19.5 Å². The topological polar surface area (TPSA) is 78.9 Å². The SMILES string of the molecule is Cc1cnc(CCc2csc(N)n2)n1-c1ncc(Br)cc1Oc1ccccc1. The predicted molar refractivity (Wildman–Crippen MR) is 114 cm³/mol. The number of hydrogen-bond donors (Lipinski definition) is 1. The van der Waals surface area contributed by atoms with Crippen molar-refractivity contribution >= 4 is 32.4 Å². The molecule has 0 aliphatic heterocycles. The minimum absolute atomic E-state index is 0.586. The maximum atomic E-state index is 6.12. The van der Waals surface area contributed by atoms with Crippen molar-refractivity contribution < 1.29 is 4.74 Å². The zero-order valence-electron chi connectivity index (χ0n) is 15.2. The van der Waals surface area contributed by atoms with Crippen LogP contribution in [0.5, 0.6) is 11.5 Å². The van der Waals surface area contributed by atoms with Gasteiger partial charge in [0.2, 0.25) is 0 Å². The van der Waals surface area contributed by atoms with Gasteiger partial charge >= 0.3 is 0 Å². The van der Waals surface area contributed by atoms with Gasteiger partial charge in [0.1, 0.15) is 11.6 Å². The number of benzene rings is 1. The highest BCUT2D eigenvalue weighted by atomic mass is 79.9. The number of ether oxygens (including phenoxy) is 1. The van der Waals surface area contributed by atoms with E-state index in [-0.39, 0.29) is 0 Å². The number of para-hydroxylation sites is 1. The molecule has 0 spiro atoms. The number of nitrogen functional groups attached to an aromatic ring is 1. The number of hydrogen-bond acceptors (Lipinski definition) is 6. The van der Waals surface area contributed by atoms with E-state index in [1.807, 2.05) is 59.5 Å². The van der Waals surface area contributed by atoms with E-state index in [1.54, 1.807) is 6.20 Å². The highest BCUT2D eigenvalue weighted by molar-refractivity contribution is 9.10. The van der Waals surface area contributed by atoms with Crippen molar-refractivity contribution in [3.8, 4) is 17.3 Å². The smallest absolute Gasteiger partial charge is 0.181 e. The first-order valence-electron chi connectivity index (χ1n) is 8.72. The molecule has 0 fully saturated rings. The summed E-state index contributed by atoms with van der Waals surface area (Å²) in [5.41, 5.74) is 7.69. The maximum absolute atomic E-state index is 6.12. The van der Waals surface area contributed by atoms with Crippen LogP contribution in [0.3, 0.4) is 0 Å². The number of nitrogens with zero attached hydrogens (tertiary/aromatic N) is 4. The number of anilines is 1. The number of pyridine rings is 1. The van der Waals surface area contributed by atoms with E-state index in [0.29, 0.717) is 16.7 Å². The van der Waals surface area contributed by atoms with Crippen LogP contribution in [0.25, 0.3) is 5.82 Å². The summed E-state index contributed by atoms with van der Waals surface area (Å²) < 4.78 is 9.00. The molecule has 4 rings (SSSR count). The zero-order valence-corrected chi connectivity index (χ0v) is 17.6. The number of aromatic nitrogens is 4. The summed E-state index contributed by atoms with van der Waals surface area (Å²) >= 11 is 4.94. The number of aryl methyl sites for hydroxylation is 3. The molecule has 1 aromatic carbocycles. The summed E-state index contributed by atoms with van der Waals surface area (Å²) in [6.07, 6.45) is 5.09. The first-order valence-corrected chi connectivity index (χ1v) is 10.4. The monoisotopic (exact) mass is 455 g/mol. The Hall–Kier alpha value is -2.71. The molecule has 0 atom stereocenters. The summed E-state index contributed by atoms with van der Waals surface area (Å²) in [5, 5.41) is 2.57. The summed E-state index contributed by atoms with van der Waals surface area (Å²) in [7, 11) is 0. The number of imidazole rings is 1. The molecule has 0 amide bonds. The summed E-state index contributed by atoms with van der Waals surface area (Å²) in [6.45, 7) is 2.01. The van der Waals surface area contributed by atoms with Gasteiger partial charge in [0, 0.05) is 40.4 Å². The van der Waals surface area contributed by atoms with E-state index in [4.69, 9.17) is 10.5 Å². The van der Waals surface area contributed by atoms with Gasteiger partial charge in [-0.25, -0.2) is 15.0 Å². The Morgan fingerprint density at radius 1 is 1.14 bits per heavy atom. The van der Waals surface area contributed by atoms with E-state index in [1.165, 1.54) is 11.3 Å². The van der Waals surface area contributed by atoms with Gasteiger partial charge in [0.25, 0.3) is 0 Å². The van der Waals surface area contributed by atoms with Crippen molar-refractivity contribution in [2.75, 3.05) is 5.73 Å². The predicted octanol–water partition coefficient (Wildman–Crippen LogP) is 4.95. The van der Waals surface area contributed by atoms with Gasteiger partial charge in [-0.2, -0.15) is 0 Å². The average molecular weight is 456 g/mol. The van der Waals surface area contributed by atoms with Crippen molar-refractivity contribution in [3.05, 3.63) is 75.9 Å². The second kappa shape index (κ2) is 8.12. The average Bonchev–Trinajstić information content (AvgIpc) is 3.27. The van der Waals surface area contributed by atoms with Crippen LogP contribution in [0.4, 0.5) is 5.13 Å². The Kier molecular flexibility index (Phi) is 5.40. The molecule has 3 aromatic heterocycles. The normalized spacial score (nSPS) is 10.9. The lowest BCUT2D eigenvalue weighted by Crippen LogP contribution is -2.08. The van der Waals surface area contributed by atoms with Crippen molar-refractivity contribution in [3.63, 3.8) is 0 Å². The molecule has 8 heteroatoms. The fraction of sp³-hybridized carbons (Fsp3) is 0.150. The van der Waals surface area contributed by atoms with Gasteiger partial charge in [-0.05, 0) is 41.4 Å². The van der Waals surface area contributed by atoms with Crippen LogP contribution in [0.15, 0.2) is 58.6 Å². The molecule has 0 bridgehead atoms. The molecule has 6 nitrogen and oxygen atoms in total. The molecule has 0 aliphatic carbocycles. The molecule has 2 N–H and O–H groups in total. The molecule has 28 heavy (non-hydrogen) atoms. The van der Waals surface area contributed by atoms with E-state index in [2.05, 4.69) is 30.9 Å². The van der Waals surface area contributed by atoms with Gasteiger partial charge in [-0.3, -0.25) is 4.57 Å². The minimum atomic E-state index is 0.586. The molecule has 3 heterocycles. The summed E-state index contributed by atoms with van der Waals surface area (Å²) in [5.74, 6) is 3.01. The zero-order chi connectivity index (χ0) is 19.5. The quantitative estimate of drug-likeness (QED) is 0.444. The minimum Gasteiger partial charge on any atom is -0.453 e. The number of nitrogens with two attached hydrogens (primary N) is 1. The van der Waals surface area contributed by atoms with Gasteiger partial charge in [0.05, 0.1) is 5.69 Å². The van der Waals surface area contributed by atoms with Crippen LogP contribution in [0.1, 0.15) is 17.2 Å². The molecule has 4 aromatic rings. The van der Waals surface area contributed by atoms with Crippen LogP contribution in [-0.2, 0) is 12.8 Å². The molecular weight excluding hydrogens is 438 g/mol. The first kappa shape index (κ1) is 18.6. The van der Waals surface area contributed by atoms with Gasteiger partial charge in [0.15, 0.2) is 16.7 Å². The third-order valence-electron chi connectivity index (χ3n) is 4.17. The van der Waals surface area contributed by atoms with Crippen LogP contribution >= 0.6 is 27.3 Å². The fourth-order valence-electron chi connectivity index (χ4n) is 2.90. The van der Waals surface area contributed by atoms with Gasteiger partial charge in [-0.1, -0.05) is 18.2 Å². The van der Waals surface area contributed by atoms with Gasteiger partial charge < -0.3 is 10.5 Å². The number of halogens is 1. The number of rotatable bonds is 6. The molecular formula is C20H18BrN5OS. The van der Waals surface area contributed by atoms with E-state index in [9.17, 15) is 0 Å². The molecule has 0 radical (unpaired) electrons. The first-order chi connectivity index (χ1) is 13.6. The molecule has 0 unspecified atom stereocenters. The van der Waals surface area contributed by atoms with E-state index in [0.717, 1.165) is 40.3 Å². The Balaban J connectivity index is 1.68. The van der Waals surface area contributed by atoms with Crippen molar-refractivity contribution in [1.29, 1.82) is 0 Å². The Bertz CT molecular complexity index is 1090. The fourth-order valence-corrected chi connectivity index (χ4v) is 3.81. The third-order valence-corrected chi connectivity index (χ3v) is 5.32. The number of thiazole rings is 1. The lowest BCUT2D eigenvalue weighted by atomic mass is 10.2. The molecule has 0 saturated heterocycles. The Morgan fingerprint density at radius 2 is 1.96 bits per heavy atom. The highest BCUT2D eigenvalue weighted by Gasteiger charge is 2.17. The lowest BCUT2D eigenvalue weighted by Gasteiger charge is -2.15. The van der Waals surface area contributed by atoms with Crippen LogP contribution < -0.4 is 10.5 Å².